The van der Waals surface area contributed by atoms with E-state index in [4.69, 9.17) is 0 Å². The van der Waals surface area contributed by atoms with E-state index in [1.807, 2.05) is 36.4 Å². The summed E-state index contributed by atoms with van der Waals surface area (Å²) < 4.78 is 0. The quantitative estimate of drug-likeness (QED) is 0.673. The average Bonchev–Trinajstić information content (AvgIpc) is 3.05. The molecule has 1 unspecified atom stereocenters. The van der Waals surface area contributed by atoms with Crippen LogP contribution in [0.25, 0.3) is 17.0 Å². The first-order chi connectivity index (χ1) is 12.6. The number of aromatic amines is 1. The largest absolute Gasteiger partial charge is 0.350 e. The predicted molar refractivity (Wildman–Crippen MR) is 104 cm³/mol. The van der Waals surface area contributed by atoms with Crippen molar-refractivity contribution in [1.82, 2.24) is 10.3 Å². The van der Waals surface area contributed by atoms with E-state index in [0.29, 0.717) is 17.8 Å². The van der Waals surface area contributed by atoms with Gasteiger partial charge in [-0.15, -0.1) is 0 Å². The van der Waals surface area contributed by atoms with Gasteiger partial charge in [-0.3, -0.25) is 9.59 Å². The van der Waals surface area contributed by atoms with Gasteiger partial charge in [0.05, 0.1) is 0 Å². The van der Waals surface area contributed by atoms with Crippen molar-refractivity contribution in [2.45, 2.75) is 12.8 Å². The first-order valence-electron chi connectivity index (χ1n) is 8.54. The number of carbonyl (C=O) groups is 2. The van der Waals surface area contributed by atoms with Gasteiger partial charge in [0, 0.05) is 34.6 Å². The molecule has 0 spiro atoms. The minimum Gasteiger partial charge on any atom is -0.350 e. The molecular formula is C21H19N3O2. The molecule has 1 atom stereocenters. The van der Waals surface area contributed by atoms with E-state index in [1.54, 1.807) is 12.1 Å². The van der Waals surface area contributed by atoms with E-state index < -0.39 is 0 Å². The Morgan fingerprint density at radius 1 is 1.27 bits per heavy atom. The summed E-state index contributed by atoms with van der Waals surface area (Å²) in [5.41, 5.74) is 4.65. The van der Waals surface area contributed by atoms with Gasteiger partial charge in [0.2, 0.25) is 0 Å². The Balaban J connectivity index is 1.70. The maximum Gasteiger partial charge on any atom is 0.268 e. The number of aromatic nitrogens is 1. The predicted octanol–water partition coefficient (Wildman–Crippen LogP) is 3.91. The lowest BCUT2D eigenvalue weighted by atomic mass is 9.93. The monoisotopic (exact) mass is 345 g/mol. The summed E-state index contributed by atoms with van der Waals surface area (Å²) in [7, 11) is 0. The summed E-state index contributed by atoms with van der Waals surface area (Å²) in [4.78, 5) is 27.9. The van der Waals surface area contributed by atoms with Crippen LogP contribution in [0, 0.1) is 0 Å². The number of anilines is 1. The van der Waals surface area contributed by atoms with Crippen molar-refractivity contribution in [2.75, 3.05) is 11.9 Å². The summed E-state index contributed by atoms with van der Waals surface area (Å²) in [6.07, 6.45) is 1.74. The molecule has 0 saturated heterocycles. The normalized spacial score (nSPS) is 16.0. The van der Waals surface area contributed by atoms with Gasteiger partial charge in [-0.1, -0.05) is 31.7 Å². The van der Waals surface area contributed by atoms with Crippen LogP contribution in [-0.4, -0.2) is 23.3 Å². The Hall–Kier alpha value is -3.34. The highest BCUT2D eigenvalue weighted by atomic mass is 16.2. The lowest BCUT2D eigenvalue weighted by molar-refractivity contribution is 0.0936. The van der Waals surface area contributed by atoms with E-state index in [9.17, 15) is 9.59 Å². The van der Waals surface area contributed by atoms with Gasteiger partial charge in [0.1, 0.15) is 5.69 Å². The highest BCUT2D eigenvalue weighted by Gasteiger charge is 2.27. The maximum absolute atomic E-state index is 12.7. The van der Waals surface area contributed by atoms with E-state index in [0.717, 1.165) is 27.7 Å². The molecular weight excluding hydrogens is 326 g/mol. The second kappa shape index (κ2) is 6.19. The number of benzene rings is 2. The third-order valence-electron chi connectivity index (χ3n) is 4.77. The van der Waals surface area contributed by atoms with Gasteiger partial charge in [-0.25, -0.2) is 0 Å². The Labute approximate surface area is 151 Å². The van der Waals surface area contributed by atoms with Crippen molar-refractivity contribution in [3.63, 3.8) is 0 Å². The number of hydrogen-bond donors (Lipinski definition) is 3. The molecule has 3 N–H and O–H groups in total. The summed E-state index contributed by atoms with van der Waals surface area (Å²) in [5, 5.41) is 6.71. The van der Waals surface area contributed by atoms with E-state index >= 15 is 0 Å². The number of rotatable bonds is 3. The zero-order valence-corrected chi connectivity index (χ0v) is 14.4. The molecule has 1 aliphatic rings. The minimum atomic E-state index is -0.184. The van der Waals surface area contributed by atoms with E-state index in [-0.39, 0.29) is 17.7 Å². The third kappa shape index (κ3) is 2.67. The van der Waals surface area contributed by atoms with Crippen molar-refractivity contribution >= 4 is 34.5 Å². The van der Waals surface area contributed by atoms with Crippen molar-refractivity contribution < 1.29 is 9.59 Å². The van der Waals surface area contributed by atoms with Gasteiger partial charge >= 0.3 is 0 Å². The van der Waals surface area contributed by atoms with Gasteiger partial charge in [0.15, 0.2) is 0 Å². The van der Waals surface area contributed by atoms with Gasteiger partial charge in [-0.2, -0.15) is 0 Å². The van der Waals surface area contributed by atoms with Gasteiger partial charge in [0.25, 0.3) is 11.8 Å². The molecule has 2 aromatic carbocycles. The molecule has 5 nitrogen and oxygen atoms in total. The average molecular weight is 345 g/mol. The summed E-state index contributed by atoms with van der Waals surface area (Å²) in [6.45, 7) is 6.41. The van der Waals surface area contributed by atoms with Crippen molar-refractivity contribution in [3.05, 3.63) is 71.4 Å². The molecule has 2 heterocycles. The Morgan fingerprint density at radius 3 is 2.92 bits per heavy atom. The van der Waals surface area contributed by atoms with Crippen LogP contribution >= 0.6 is 0 Å². The molecule has 1 aromatic heterocycles. The van der Waals surface area contributed by atoms with E-state index in [1.165, 1.54) is 0 Å². The summed E-state index contributed by atoms with van der Waals surface area (Å²) in [5.74, 6) is -0.0865. The fourth-order valence-corrected chi connectivity index (χ4v) is 3.43. The molecule has 0 fully saturated rings. The van der Waals surface area contributed by atoms with Crippen LogP contribution in [0.5, 0.6) is 0 Å². The van der Waals surface area contributed by atoms with Crippen LogP contribution < -0.4 is 10.6 Å². The summed E-state index contributed by atoms with van der Waals surface area (Å²) in [6, 6.07) is 13.0. The molecule has 130 valence electrons. The zero-order valence-electron chi connectivity index (χ0n) is 14.4. The Kier molecular flexibility index (Phi) is 3.84. The van der Waals surface area contributed by atoms with Gasteiger partial charge < -0.3 is 15.6 Å². The number of H-pyrrole nitrogens is 1. The number of hydrogen-bond acceptors (Lipinski definition) is 2. The fraction of sp³-hybridized carbons (Fsp3) is 0.143. The highest BCUT2D eigenvalue weighted by Crippen LogP contribution is 2.32. The molecule has 3 aromatic rings. The standard InChI is InChI=1S/C21H19N3O2/c1-3-13-5-4-6-15(9-13)23-20(25)14-7-8-17-16(10-14)18-12(2)11-22-21(26)19(18)24-17/h3-10,12,24H,1,11H2,2H3,(H,22,26)(H,23,25). The van der Waals surface area contributed by atoms with Crippen LogP contribution in [0.3, 0.4) is 0 Å². The van der Waals surface area contributed by atoms with Gasteiger partial charge in [-0.05, 0) is 41.5 Å². The Bertz CT molecular complexity index is 1050. The van der Waals surface area contributed by atoms with Crippen LogP contribution in [0.4, 0.5) is 5.69 Å². The molecule has 0 aliphatic carbocycles. The molecule has 26 heavy (non-hydrogen) atoms. The third-order valence-corrected chi connectivity index (χ3v) is 4.77. The topological polar surface area (TPSA) is 74.0 Å². The number of carbonyl (C=O) groups excluding carboxylic acids is 2. The first-order valence-corrected chi connectivity index (χ1v) is 8.54. The second-order valence-electron chi connectivity index (χ2n) is 6.57. The lowest BCUT2D eigenvalue weighted by Crippen LogP contribution is -2.33. The maximum atomic E-state index is 12.7. The number of nitrogens with one attached hydrogen (secondary N) is 3. The fourth-order valence-electron chi connectivity index (χ4n) is 3.43. The molecule has 0 saturated carbocycles. The van der Waals surface area contributed by atoms with Crippen molar-refractivity contribution in [1.29, 1.82) is 0 Å². The highest BCUT2D eigenvalue weighted by molar-refractivity contribution is 6.08. The molecule has 0 bridgehead atoms. The SMILES string of the molecule is C=Cc1cccc(NC(=O)c2ccc3[nH]c4c(c3c2)C(C)CNC4=O)c1. The van der Waals surface area contributed by atoms with Crippen LogP contribution in [0.2, 0.25) is 0 Å². The molecule has 5 heteroatoms. The molecule has 2 amide bonds. The number of amides is 2. The first kappa shape index (κ1) is 16.1. The van der Waals surface area contributed by atoms with Crippen molar-refractivity contribution in [2.24, 2.45) is 0 Å². The van der Waals surface area contributed by atoms with Crippen LogP contribution in [0.1, 0.15) is 44.8 Å². The van der Waals surface area contributed by atoms with E-state index in [2.05, 4.69) is 29.1 Å². The summed E-state index contributed by atoms with van der Waals surface area (Å²) >= 11 is 0. The minimum absolute atomic E-state index is 0.0958. The zero-order chi connectivity index (χ0) is 18.3. The van der Waals surface area contributed by atoms with Crippen LogP contribution in [-0.2, 0) is 0 Å². The lowest BCUT2D eigenvalue weighted by Gasteiger charge is -2.19. The number of fused-ring (bicyclic) bond motifs is 3. The smallest absolute Gasteiger partial charge is 0.268 e. The van der Waals surface area contributed by atoms with Crippen LogP contribution in [0.15, 0.2) is 49.0 Å². The molecule has 0 radical (unpaired) electrons. The Morgan fingerprint density at radius 2 is 2.12 bits per heavy atom. The molecule has 4 rings (SSSR count). The second-order valence-corrected chi connectivity index (χ2v) is 6.57. The van der Waals surface area contributed by atoms with Crippen molar-refractivity contribution in [3.8, 4) is 0 Å². The molecule has 1 aliphatic heterocycles.